The number of hydrogen-bond acceptors (Lipinski definition) is 13. The van der Waals surface area contributed by atoms with Crippen LogP contribution in [0.1, 0.15) is 68.2 Å². The molecule has 0 aliphatic heterocycles. The van der Waals surface area contributed by atoms with Gasteiger partial charge in [0, 0.05) is 57.6 Å². The van der Waals surface area contributed by atoms with E-state index >= 15 is 0 Å². The van der Waals surface area contributed by atoms with E-state index in [2.05, 4.69) is 98.4 Å². The molecule has 0 atom stereocenters. The molecule has 2 amide bonds. The number of hydrogen-bond donors (Lipinski definition) is 7. The van der Waals surface area contributed by atoms with E-state index in [1.54, 1.807) is 18.2 Å². The molecule has 0 fully saturated rings. The van der Waals surface area contributed by atoms with Crippen molar-refractivity contribution in [1.29, 1.82) is 0 Å². The van der Waals surface area contributed by atoms with Crippen LogP contribution in [0.15, 0.2) is 94.7 Å². The largest absolute Gasteiger partial charge is 0.417 e. The zero-order chi connectivity index (χ0) is 51.3. The van der Waals surface area contributed by atoms with Gasteiger partial charge in [0.25, 0.3) is 25.7 Å². The predicted octanol–water partition coefficient (Wildman–Crippen LogP) is 10.0. The van der Waals surface area contributed by atoms with Crippen LogP contribution in [0.5, 0.6) is 0 Å². The molecule has 8 N–H and O–H groups in total. The number of nitrogens with two attached hydrogens (primary N) is 1. The Bertz CT molecular complexity index is 2580. The molecule has 374 valence electrons. The van der Waals surface area contributed by atoms with Gasteiger partial charge in [0.15, 0.2) is 16.6 Å². The molecule has 4 aromatic rings. The fraction of sp³-hybridized carbons (Fsp3) is 0.435. The summed E-state index contributed by atoms with van der Waals surface area (Å²) in [5, 5.41) is 23.4. The maximum atomic E-state index is 12.7. The monoisotopic (exact) mass is 1010 g/mol. The smallest absolute Gasteiger partial charge is 0.294 e. The molecule has 0 saturated heterocycles. The topological polar surface area (TPSA) is 262 Å². The second-order valence-corrected chi connectivity index (χ2v) is 32.2. The highest BCUT2D eigenvalue weighted by atomic mass is 32.2. The highest BCUT2D eigenvalue weighted by Gasteiger charge is 2.37. The second kappa shape index (κ2) is 23.7. The zero-order valence-electron chi connectivity index (χ0n) is 41.2. The molecule has 68 heavy (non-hydrogen) atoms. The first-order valence-corrected chi connectivity index (χ1v) is 30.9. The first kappa shape index (κ1) is 56.8. The SMILES string of the molecule is CC(=O)Nc1ccc(S(=O)(=O)Nc2ccc(NCCCO[Si](C)(C)C(C)(C)C)c(N)c2)cc1.CC(=O)Nc1ccc(S(=O)(=O)Nc2ccc(NCCCO[Si](C)(C)C(C)(C)C)c([N+](=O)[O-])c2)cc1. The molecule has 0 aromatic heterocycles. The molecule has 0 spiro atoms. The van der Waals surface area contributed by atoms with Crippen molar-refractivity contribution in [2.45, 2.75) is 114 Å². The number of sulfonamides is 2. The first-order valence-electron chi connectivity index (χ1n) is 22.1. The van der Waals surface area contributed by atoms with Crippen LogP contribution in [-0.4, -0.2) is 76.5 Å². The average molecular weight is 1020 g/mol. The summed E-state index contributed by atoms with van der Waals surface area (Å²) in [6, 6.07) is 20.6. The Morgan fingerprint density at radius 3 is 1.31 bits per heavy atom. The number of carbonyl (C=O) groups excluding carboxylic acids is 2. The minimum Gasteiger partial charge on any atom is -0.417 e. The molecule has 4 aromatic carbocycles. The summed E-state index contributed by atoms with van der Waals surface area (Å²) in [6.07, 6.45) is 1.52. The highest BCUT2D eigenvalue weighted by Crippen LogP contribution is 2.38. The maximum absolute atomic E-state index is 12.7. The summed E-state index contributed by atoms with van der Waals surface area (Å²) in [7, 11) is -11.4. The van der Waals surface area contributed by atoms with Crippen molar-refractivity contribution >= 4 is 94.0 Å². The summed E-state index contributed by atoms with van der Waals surface area (Å²) >= 11 is 0. The third-order valence-electron chi connectivity index (χ3n) is 11.5. The van der Waals surface area contributed by atoms with Crippen LogP contribution >= 0.6 is 0 Å². The van der Waals surface area contributed by atoms with Gasteiger partial charge in [-0.1, -0.05) is 41.5 Å². The fourth-order valence-electron chi connectivity index (χ4n) is 5.63. The van der Waals surface area contributed by atoms with Crippen molar-refractivity contribution in [2.75, 3.05) is 62.7 Å². The van der Waals surface area contributed by atoms with Crippen molar-refractivity contribution in [1.82, 2.24) is 0 Å². The van der Waals surface area contributed by atoms with E-state index in [1.165, 1.54) is 80.6 Å². The van der Waals surface area contributed by atoms with Gasteiger partial charge in [-0.15, -0.1) is 0 Å². The van der Waals surface area contributed by atoms with Gasteiger partial charge in [-0.25, -0.2) is 16.8 Å². The Labute approximate surface area is 404 Å². The van der Waals surface area contributed by atoms with Gasteiger partial charge in [-0.05, 0) is 128 Å². The van der Waals surface area contributed by atoms with E-state index in [4.69, 9.17) is 14.6 Å². The van der Waals surface area contributed by atoms with E-state index in [-0.39, 0.29) is 43.1 Å². The molecule has 0 aliphatic rings. The molecule has 0 heterocycles. The molecule has 0 bridgehead atoms. The number of nitrogens with zero attached hydrogens (tertiary/aromatic N) is 1. The molecular formula is C46H70N8O10S2Si2. The minimum absolute atomic E-state index is 0.0433. The Hall–Kier alpha value is -5.53. The second-order valence-electron chi connectivity index (χ2n) is 19.2. The van der Waals surface area contributed by atoms with Crippen molar-refractivity contribution < 1.29 is 40.2 Å². The highest BCUT2D eigenvalue weighted by molar-refractivity contribution is 7.93. The molecule has 0 unspecified atom stereocenters. The van der Waals surface area contributed by atoms with Gasteiger partial charge >= 0.3 is 0 Å². The molecule has 0 saturated carbocycles. The molecular weight excluding hydrogens is 945 g/mol. The maximum Gasteiger partial charge on any atom is 0.294 e. The summed E-state index contributed by atoms with van der Waals surface area (Å²) < 4.78 is 67.9. The van der Waals surface area contributed by atoms with Crippen LogP contribution in [0.3, 0.4) is 0 Å². The lowest BCUT2D eigenvalue weighted by atomic mass is 10.2. The molecule has 4 rings (SSSR count). The molecule has 22 heteroatoms. The minimum atomic E-state index is -3.98. The fourth-order valence-corrected chi connectivity index (χ4v) is 9.90. The third kappa shape index (κ3) is 17.5. The Balaban J connectivity index is 0.000000361. The van der Waals surface area contributed by atoms with E-state index < -0.39 is 41.6 Å². The molecule has 18 nitrogen and oxygen atoms in total. The van der Waals surface area contributed by atoms with Crippen molar-refractivity contribution in [2.24, 2.45) is 0 Å². The van der Waals surface area contributed by atoms with Crippen molar-refractivity contribution in [3.63, 3.8) is 0 Å². The third-order valence-corrected chi connectivity index (χ3v) is 23.4. The number of rotatable bonds is 21. The van der Waals surface area contributed by atoms with E-state index in [9.17, 15) is 36.5 Å². The quantitative estimate of drug-likeness (QED) is 0.0135. The Kier molecular flexibility index (Phi) is 19.8. The van der Waals surface area contributed by atoms with Crippen molar-refractivity contribution in [3.8, 4) is 0 Å². The summed E-state index contributed by atoms with van der Waals surface area (Å²) in [5.41, 5.74) is 8.78. The number of nitro groups is 1. The lowest BCUT2D eigenvalue weighted by Gasteiger charge is -2.36. The van der Waals surface area contributed by atoms with Crippen LogP contribution in [0, 0.1) is 10.1 Å². The van der Waals surface area contributed by atoms with Crippen LogP contribution < -0.4 is 36.4 Å². The summed E-state index contributed by atoms with van der Waals surface area (Å²) in [4.78, 5) is 33.3. The van der Waals surface area contributed by atoms with Gasteiger partial charge in [-0.3, -0.25) is 29.1 Å². The molecule has 0 radical (unpaired) electrons. The number of nitro benzene ring substituents is 1. The first-order chi connectivity index (χ1) is 31.3. The van der Waals surface area contributed by atoms with Crippen molar-refractivity contribution in [3.05, 3.63) is 95.0 Å². The standard InChI is InChI=1S/C23H34N4O6SSi.C23H36N4O4SSi/c1-17(28)25-18-8-11-20(12-9-18)34(31,32)26-19-10-13-21(22(16-19)27(29)30)24-14-7-15-33-35(5,6)23(2,3)4;1-17(28)26-18-8-11-20(12-9-18)32(29,30)27-19-10-13-22(21(24)16-19)25-14-7-15-31-33(5,6)23(2,3)4/h8-13,16,24,26H,7,14-15H2,1-6H3,(H,25,28);8-13,16,25,27H,7,14-15,24H2,1-6H3,(H,26,28). The predicted molar refractivity (Wildman–Crippen MR) is 280 cm³/mol. The average Bonchev–Trinajstić information content (AvgIpc) is 3.20. The Morgan fingerprint density at radius 1 is 0.603 bits per heavy atom. The number of nitrogens with one attached hydrogen (secondary N) is 6. The lowest BCUT2D eigenvalue weighted by molar-refractivity contribution is -0.383. The van der Waals surface area contributed by atoms with Crippen LogP contribution in [0.25, 0.3) is 0 Å². The number of benzene rings is 4. The molecule has 0 aliphatic carbocycles. The van der Waals surface area contributed by atoms with E-state index in [0.717, 1.165) is 12.1 Å². The van der Waals surface area contributed by atoms with Gasteiger partial charge < -0.3 is 35.9 Å². The van der Waals surface area contributed by atoms with Crippen LogP contribution in [-0.2, 0) is 38.5 Å². The summed E-state index contributed by atoms with van der Waals surface area (Å²) in [6.45, 7) is 27.1. The lowest BCUT2D eigenvalue weighted by Crippen LogP contribution is -2.41. The van der Waals surface area contributed by atoms with Gasteiger partial charge in [-0.2, -0.15) is 0 Å². The van der Waals surface area contributed by atoms with E-state index in [1.807, 2.05) is 0 Å². The van der Waals surface area contributed by atoms with E-state index in [0.29, 0.717) is 61.2 Å². The number of carbonyl (C=O) groups is 2. The van der Waals surface area contributed by atoms with Gasteiger partial charge in [0.1, 0.15) is 5.69 Å². The normalized spacial score (nSPS) is 12.2. The number of amides is 2. The summed E-state index contributed by atoms with van der Waals surface area (Å²) in [5.74, 6) is -0.501. The van der Waals surface area contributed by atoms with Crippen LogP contribution in [0.4, 0.5) is 45.5 Å². The number of anilines is 7. The van der Waals surface area contributed by atoms with Gasteiger partial charge in [0.2, 0.25) is 11.8 Å². The van der Waals surface area contributed by atoms with Crippen LogP contribution in [0.2, 0.25) is 36.3 Å². The van der Waals surface area contributed by atoms with Gasteiger partial charge in [0.05, 0.1) is 37.5 Å². The zero-order valence-corrected chi connectivity index (χ0v) is 44.9. The number of nitrogen functional groups attached to an aromatic ring is 1. The Morgan fingerprint density at radius 2 is 0.956 bits per heavy atom.